The summed E-state index contributed by atoms with van der Waals surface area (Å²) in [5.41, 5.74) is 3.63. The van der Waals surface area contributed by atoms with Gasteiger partial charge in [-0.15, -0.1) is 22.7 Å². The Morgan fingerprint density at radius 2 is 1.77 bits per heavy atom. The van der Waals surface area contributed by atoms with Crippen LogP contribution >= 0.6 is 22.7 Å². The van der Waals surface area contributed by atoms with E-state index in [9.17, 15) is 13.2 Å². The number of carbonyl (C=O) groups is 1. The first kappa shape index (κ1) is 26.5. The van der Waals surface area contributed by atoms with Crippen molar-refractivity contribution in [2.45, 2.75) is 37.8 Å². The molecule has 39 heavy (non-hydrogen) atoms. The minimum Gasteiger partial charge on any atom is -0.379 e. The quantitative estimate of drug-likeness (QED) is 0.342. The van der Waals surface area contributed by atoms with Crippen LogP contribution in [0.15, 0.2) is 53.4 Å². The van der Waals surface area contributed by atoms with E-state index in [-0.39, 0.29) is 10.8 Å². The van der Waals surface area contributed by atoms with E-state index in [0.717, 1.165) is 45.3 Å². The van der Waals surface area contributed by atoms with Crippen LogP contribution in [0.1, 0.15) is 34.6 Å². The van der Waals surface area contributed by atoms with Gasteiger partial charge in [-0.3, -0.25) is 9.69 Å². The Kier molecular flexibility index (Phi) is 7.30. The second-order valence-electron chi connectivity index (χ2n) is 10.0. The molecule has 0 aliphatic carbocycles. The molecule has 4 heterocycles. The number of sulfonamides is 1. The maximum absolute atomic E-state index is 13.4. The van der Waals surface area contributed by atoms with Gasteiger partial charge in [-0.2, -0.15) is 4.31 Å². The summed E-state index contributed by atoms with van der Waals surface area (Å²) < 4.78 is 33.8. The second kappa shape index (κ2) is 10.7. The highest BCUT2D eigenvalue weighted by atomic mass is 32.2. The van der Waals surface area contributed by atoms with Crippen LogP contribution in [-0.4, -0.2) is 67.4 Å². The van der Waals surface area contributed by atoms with Crippen LogP contribution in [0.2, 0.25) is 0 Å². The first-order chi connectivity index (χ1) is 18.8. The number of fused-ring (bicyclic) bond motifs is 2. The molecule has 11 heteroatoms. The molecule has 0 atom stereocenters. The van der Waals surface area contributed by atoms with Crippen LogP contribution in [0.3, 0.4) is 0 Å². The summed E-state index contributed by atoms with van der Waals surface area (Å²) in [6.07, 6.45) is 0.902. The number of hydrogen-bond donors (Lipinski definition) is 1. The van der Waals surface area contributed by atoms with Gasteiger partial charge >= 0.3 is 0 Å². The zero-order valence-electron chi connectivity index (χ0n) is 21.8. The van der Waals surface area contributed by atoms with E-state index >= 15 is 0 Å². The number of nitrogens with zero attached hydrogens (tertiary/aromatic N) is 3. The standard InChI is InChI=1S/C28H30N4O4S3/c1-18(2)31-12-11-21-24(17-31)38-28(25(21)27-29-22-5-3-4-6-23(22)37-27)30-26(33)19-7-9-20(10-8-19)39(34,35)32-13-15-36-16-14-32/h3-10,18H,11-17H2,1-2H3,(H,30,33). The fourth-order valence-corrected chi connectivity index (χ4v) is 8.83. The number of hydrogen-bond acceptors (Lipinski definition) is 8. The second-order valence-corrected chi connectivity index (χ2v) is 14.1. The molecular formula is C28H30N4O4S3. The van der Waals surface area contributed by atoms with Gasteiger partial charge in [-0.25, -0.2) is 13.4 Å². The summed E-state index contributed by atoms with van der Waals surface area (Å²) in [7, 11) is -3.62. The summed E-state index contributed by atoms with van der Waals surface area (Å²) in [6.45, 7) is 7.66. The number of amides is 1. The van der Waals surface area contributed by atoms with Gasteiger partial charge in [0.25, 0.3) is 5.91 Å². The van der Waals surface area contributed by atoms with Crippen LogP contribution < -0.4 is 5.32 Å². The third kappa shape index (κ3) is 5.15. The lowest BCUT2D eigenvalue weighted by molar-refractivity contribution is 0.0730. The first-order valence-corrected chi connectivity index (χ1v) is 16.1. The Hall–Kier alpha value is -2.67. The molecule has 0 unspecified atom stereocenters. The summed E-state index contributed by atoms with van der Waals surface area (Å²) in [6, 6.07) is 14.7. The van der Waals surface area contributed by atoms with Gasteiger partial charge in [0.2, 0.25) is 10.0 Å². The molecule has 0 bridgehead atoms. The monoisotopic (exact) mass is 582 g/mol. The van der Waals surface area contributed by atoms with E-state index in [2.05, 4.69) is 30.1 Å². The Balaban J connectivity index is 1.31. The van der Waals surface area contributed by atoms with Gasteiger partial charge in [0.05, 0.1) is 28.3 Å². The first-order valence-electron chi connectivity index (χ1n) is 13.0. The van der Waals surface area contributed by atoms with E-state index in [1.54, 1.807) is 34.8 Å². The van der Waals surface area contributed by atoms with Gasteiger partial charge in [0, 0.05) is 48.2 Å². The van der Waals surface area contributed by atoms with Crippen molar-refractivity contribution in [1.82, 2.24) is 14.2 Å². The molecule has 2 aliphatic heterocycles. The van der Waals surface area contributed by atoms with Crippen LogP contribution in [0, 0.1) is 0 Å². The van der Waals surface area contributed by atoms with Crippen molar-refractivity contribution in [2.75, 3.05) is 38.2 Å². The molecular weight excluding hydrogens is 553 g/mol. The van der Waals surface area contributed by atoms with E-state index in [4.69, 9.17) is 9.72 Å². The molecule has 2 aromatic carbocycles. The Morgan fingerprint density at radius 1 is 1.03 bits per heavy atom. The third-order valence-corrected chi connectivity index (χ3v) is 11.4. The van der Waals surface area contributed by atoms with Crippen LogP contribution in [0.4, 0.5) is 5.00 Å². The minimum absolute atomic E-state index is 0.177. The van der Waals surface area contributed by atoms with Crippen molar-refractivity contribution in [2.24, 2.45) is 0 Å². The fourth-order valence-electron chi connectivity index (χ4n) is 5.05. The van der Waals surface area contributed by atoms with Crippen molar-refractivity contribution in [3.63, 3.8) is 0 Å². The number of ether oxygens (including phenoxy) is 1. The molecule has 4 aromatic rings. The molecule has 1 amide bonds. The Morgan fingerprint density at radius 3 is 2.49 bits per heavy atom. The Bertz CT molecular complexity index is 1590. The van der Waals surface area contributed by atoms with Gasteiger partial charge in [-0.1, -0.05) is 12.1 Å². The fraction of sp³-hybridized carbons (Fsp3) is 0.357. The predicted molar refractivity (Wildman–Crippen MR) is 156 cm³/mol. The number of morpholine rings is 1. The highest BCUT2D eigenvalue weighted by Gasteiger charge is 2.29. The molecule has 1 N–H and O–H groups in total. The predicted octanol–water partition coefficient (Wildman–Crippen LogP) is 5.06. The highest BCUT2D eigenvalue weighted by molar-refractivity contribution is 7.89. The van der Waals surface area contributed by atoms with Crippen molar-refractivity contribution in [3.05, 3.63) is 64.5 Å². The topological polar surface area (TPSA) is 91.8 Å². The molecule has 8 nitrogen and oxygen atoms in total. The van der Waals surface area contributed by atoms with E-state index in [1.807, 2.05) is 18.2 Å². The van der Waals surface area contributed by atoms with Crippen molar-refractivity contribution in [1.29, 1.82) is 0 Å². The maximum Gasteiger partial charge on any atom is 0.256 e. The molecule has 2 aliphatic rings. The van der Waals surface area contributed by atoms with Gasteiger partial charge in [-0.05, 0) is 62.2 Å². The van der Waals surface area contributed by atoms with Gasteiger partial charge < -0.3 is 10.1 Å². The summed E-state index contributed by atoms with van der Waals surface area (Å²) in [4.78, 5) is 22.2. The van der Waals surface area contributed by atoms with Gasteiger partial charge in [0.1, 0.15) is 10.0 Å². The summed E-state index contributed by atoms with van der Waals surface area (Å²) in [5.74, 6) is -0.271. The number of anilines is 1. The largest absolute Gasteiger partial charge is 0.379 e. The zero-order valence-corrected chi connectivity index (χ0v) is 24.3. The van der Waals surface area contributed by atoms with Crippen LogP contribution in [0.25, 0.3) is 20.8 Å². The summed E-state index contributed by atoms with van der Waals surface area (Å²) >= 11 is 3.26. The van der Waals surface area contributed by atoms with E-state index in [1.165, 1.54) is 26.9 Å². The average molecular weight is 583 g/mol. The van der Waals surface area contributed by atoms with E-state index in [0.29, 0.717) is 37.9 Å². The SMILES string of the molecule is CC(C)N1CCc2c(sc(NC(=O)c3ccc(S(=O)(=O)N4CCOCC4)cc3)c2-c2nc3ccccc3s2)C1. The van der Waals surface area contributed by atoms with Crippen molar-refractivity contribution >= 4 is 53.8 Å². The molecule has 0 saturated carbocycles. The molecule has 1 saturated heterocycles. The van der Waals surface area contributed by atoms with Gasteiger partial charge in [0.15, 0.2) is 0 Å². The smallest absolute Gasteiger partial charge is 0.256 e. The Labute approximate surface area is 236 Å². The summed E-state index contributed by atoms with van der Waals surface area (Å²) in [5, 5.41) is 4.85. The number of carbonyl (C=O) groups excluding carboxylic acids is 1. The molecule has 0 radical (unpaired) electrons. The number of rotatable bonds is 6. The lowest BCUT2D eigenvalue weighted by Crippen LogP contribution is -2.40. The molecule has 2 aromatic heterocycles. The van der Waals surface area contributed by atoms with E-state index < -0.39 is 10.0 Å². The molecule has 204 valence electrons. The zero-order chi connectivity index (χ0) is 27.1. The average Bonchev–Trinajstić information content (AvgIpc) is 3.53. The maximum atomic E-state index is 13.4. The number of thiazole rings is 1. The normalized spacial score (nSPS) is 17.0. The van der Waals surface area contributed by atoms with Crippen molar-refractivity contribution in [3.8, 4) is 10.6 Å². The lowest BCUT2D eigenvalue weighted by Gasteiger charge is -2.30. The van der Waals surface area contributed by atoms with Crippen molar-refractivity contribution < 1.29 is 17.9 Å². The number of para-hydroxylation sites is 1. The lowest BCUT2D eigenvalue weighted by atomic mass is 10.0. The third-order valence-electron chi connectivity index (χ3n) is 7.28. The molecule has 0 spiro atoms. The number of thiophene rings is 1. The van der Waals surface area contributed by atoms with Crippen LogP contribution in [-0.2, 0) is 27.7 Å². The number of aromatic nitrogens is 1. The minimum atomic E-state index is -3.62. The number of benzene rings is 2. The molecule has 6 rings (SSSR count). The van der Waals surface area contributed by atoms with Crippen LogP contribution in [0.5, 0.6) is 0 Å². The molecule has 1 fully saturated rings. The number of nitrogens with one attached hydrogen (secondary N) is 1. The highest BCUT2D eigenvalue weighted by Crippen LogP contribution is 2.46.